The maximum Gasteiger partial charge on any atom is 0.119 e. The molecule has 0 aliphatic carbocycles. The molecular weight excluding hydrogens is 238 g/mol. The maximum atomic E-state index is 5.95. The Bertz CT molecular complexity index is 364. The number of benzene rings is 1. The lowest BCUT2D eigenvalue weighted by Crippen LogP contribution is -2.39. The first-order valence-corrected chi connectivity index (χ1v) is 6.35. The van der Waals surface area contributed by atoms with Gasteiger partial charge in [0.25, 0.3) is 0 Å². The van der Waals surface area contributed by atoms with E-state index in [-0.39, 0.29) is 6.10 Å². The molecule has 1 N–H and O–H groups in total. The Kier molecular flexibility index (Phi) is 4.66. The van der Waals surface area contributed by atoms with Crippen molar-refractivity contribution in [2.24, 2.45) is 0 Å². The van der Waals surface area contributed by atoms with Crippen molar-refractivity contribution >= 4 is 11.6 Å². The van der Waals surface area contributed by atoms with E-state index in [1.54, 1.807) is 0 Å². The minimum atomic E-state index is 0.275. The number of rotatable bonds is 4. The number of hydrogen-bond donors (Lipinski definition) is 1. The Hall–Kier alpha value is -0.770. The summed E-state index contributed by atoms with van der Waals surface area (Å²) in [5, 5.41) is 4.08. The number of halogens is 1. The lowest BCUT2D eigenvalue weighted by Gasteiger charge is -2.23. The van der Waals surface area contributed by atoms with Gasteiger partial charge in [-0.15, -0.1) is 0 Å². The zero-order chi connectivity index (χ0) is 12.1. The van der Waals surface area contributed by atoms with Crippen LogP contribution in [-0.4, -0.2) is 32.4 Å². The fourth-order valence-corrected chi connectivity index (χ4v) is 1.94. The van der Waals surface area contributed by atoms with Crippen LogP contribution in [0.25, 0.3) is 0 Å². The molecule has 2 rings (SSSR count). The van der Waals surface area contributed by atoms with Crippen molar-refractivity contribution in [1.29, 1.82) is 0 Å². The van der Waals surface area contributed by atoms with Gasteiger partial charge in [0.2, 0.25) is 0 Å². The minimum absolute atomic E-state index is 0.275. The summed E-state index contributed by atoms with van der Waals surface area (Å²) in [6, 6.07) is 5.72. The van der Waals surface area contributed by atoms with Gasteiger partial charge < -0.3 is 14.8 Å². The van der Waals surface area contributed by atoms with Gasteiger partial charge in [-0.05, 0) is 30.7 Å². The van der Waals surface area contributed by atoms with E-state index in [9.17, 15) is 0 Å². The quantitative estimate of drug-likeness (QED) is 0.896. The molecule has 0 aromatic heterocycles. The van der Waals surface area contributed by atoms with Gasteiger partial charge in [0.1, 0.15) is 5.75 Å². The van der Waals surface area contributed by atoms with Crippen LogP contribution in [0.5, 0.6) is 5.75 Å². The van der Waals surface area contributed by atoms with Crippen molar-refractivity contribution in [3.63, 3.8) is 0 Å². The van der Waals surface area contributed by atoms with Crippen LogP contribution < -0.4 is 10.1 Å². The van der Waals surface area contributed by atoms with Crippen LogP contribution in [0.2, 0.25) is 5.02 Å². The van der Waals surface area contributed by atoms with Gasteiger partial charge in [-0.1, -0.05) is 11.6 Å². The molecule has 1 unspecified atom stereocenters. The van der Waals surface area contributed by atoms with Crippen molar-refractivity contribution < 1.29 is 9.47 Å². The van der Waals surface area contributed by atoms with Gasteiger partial charge in [-0.2, -0.15) is 0 Å². The third-order valence-electron chi connectivity index (χ3n) is 2.84. The molecule has 1 atom stereocenters. The van der Waals surface area contributed by atoms with Crippen molar-refractivity contribution in [3.05, 3.63) is 28.8 Å². The van der Waals surface area contributed by atoms with E-state index in [2.05, 4.69) is 5.32 Å². The van der Waals surface area contributed by atoms with Crippen molar-refractivity contribution in [1.82, 2.24) is 5.32 Å². The van der Waals surface area contributed by atoms with Crippen LogP contribution in [0.15, 0.2) is 18.2 Å². The Morgan fingerprint density at radius 1 is 1.53 bits per heavy atom. The molecular formula is C13H18ClNO2. The number of nitrogens with one attached hydrogen (secondary N) is 1. The third kappa shape index (κ3) is 3.87. The van der Waals surface area contributed by atoms with Crippen LogP contribution in [0.1, 0.15) is 12.0 Å². The highest BCUT2D eigenvalue weighted by molar-refractivity contribution is 6.31. The lowest BCUT2D eigenvalue weighted by atomic mass is 10.2. The fraction of sp³-hybridized carbons (Fsp3) is 0.538. The van der Waals surface area contributed by atoms with Crippen LogP contribution in [0, 0.1) is 6.92 Å². The molecule has 17 heavy (non-hydrogen) atoms. The zero-order valence-electron chi connectivity index (χ0n) is 10.0. The number of ether oxygens (including phenoxy) is 2. The van der Waals surface area contributed by atoms with Crippen LogP contribution in [0.3, 0.4) is 0 Å². The summed E-state index contributed by atoms with van der Waals surface area (Å²) in [5.41, 5.74) is 1.04. The van der Waals surface area contributed by atoms with E-state index < -0.39 is 0 Å². The molecule has 0 amide bonds. The first-order valence-electron chi connectivity index (χ1n) is 5.97. The molecule has 1 saturated heterocycles. The summed E-state index contributed by atoms with van der Waals surface area (Å²) in [6.45, 7) is 5.32. The number of morpholine rings is 1. The van der Waals surface area contributed by atoms with Gasteiger partial charge in [0, 0.05) is 24.5 Å². The molecule has 94 valence electrons. The average molecular weight is 256 g/mol. The van der Waals surface area contributed by atoms with Crippen molar-refractivity contribution in [2.75, 3.05) is 26.3 Å². The molecule has 1 aromatic carbocycles. The summed E-state index contributed by atoms with van der Waals surface area (Å²) >= 11 is 5.95. The normalized spacial score (nSPS) is 20.2. The smallest absolute Gasteiger partial charge is 0.119 e. The first-order chi connectivity index (χ1) is 8.25. The molecule has 1 aliphatic rings. The predicted molar refractivity (Wildman–Crippen MR) is 68.9 cm³/mol. The van der Waals surface area contributed by atoms with Crippen LogP contribution in [-0.2, 0) is 4.74 Å². The highest BCUT2D eigenvalue weighted by Gasteiger charge is 2.12. The predicted octanol–water partition coefficient (Wildman–Crippen LogP) is 2.41. The Balaban J connectivity index is 1.75. The summed E-state index contributed by atoms with van der Waals surface area (Å²) in [6.07, 6.45) is 1.19. The first kappa shape index (κ1) is 12.7. The summed E-state index contributed by atoms with van der Waals surface area (Å²) < 4.78 is 11.3. The van der Waals surface area contributed by atoms with Gasteiger partial charge >= 0.3 is 0 Å². The zero-order valence-corrected chi connectivity index (χ0v) is 10.8. The minimum Gasteiger partial charge on any atom is -0.493 e. The highest BCUT2D eigenvalue weighted by Crippen LogP contribution is 2.21. The molecule has 1 fully saturated rings. The summed E-state index contributed by atoms with van der Waals surface area (Å²) in [5.74, 6) is 0.871. The van der Waals surface area contributed by atoms with E-state index in [4.69, 9.17) is 21.1 Å². The van der Waals surface area contributed by atoms with Crippen LogP contribution >= 0.6 is 11.6 Å². The monoisotopic (exact) mass is 255 g/mol. The number of hydrogen-bond acceptors (Lipinski definition) is 3. The van der Waals surface area contributed by atoms with Gasteiger partial charge in [-0.25, -0.2) is 0 Å². The highest BCUT2D eigenvalue weighted by atomic mass is 35.5. The second-order valence-corrected chi connectivity index (χ2v) is 4.65. The molecule has 4 heteroatoms. The largest absolute Gasteiger partial charge is 0.493 e. The van der Waals surface area contributed by atoms with E-state index in [0.717, 1.165) is 42.5 Å². The van der Waals surface area contributed by atoms with E-state index in [0.29, 0.717) is 6.61 Å². The van der Waals surface area contributed by atoms with E-state index in [1.165, 1.54) is 0 Å². The molecule has 1 aliphatic heterocycles. The molecule has 0 radical (unpaired) electrons. The average Bonchev–Trinajstić information content (AvgIpc) is 2.35. The SMILES string of the molecule is Cc1cc(OCCC2CNCCO2)ccc1Cl. The van der Waals surface area contributed by atoms with Crippen molar-refractivity contribution in [3.8, 4) is 5.75 Å². The third-order valence-corrected chi connectivity index (χ3v) is 3.27. The standard InChI is InChI=1S/C13H18ClNO2/c1-10-8-11(2-3-13(10)14)16-6-4-12-9-15-5-7-17-12/h2-3,8,12,15H,4-7,9H2,1H3. The van der Waals surface area contributed by atoms with Gasteiger partial charge in [-0.3, -0.25) is 0 Å². The van der Waals surface area contributed by atoms with Crippen LogP contribution in [0.4, 0.5) is 0 Å². The molecule has 3 nitrogen and oxygen atoms in total. The Morgan fingerprint density at radius 3 is 3.12 bits per heavy atom. The van der Waals surface area contributed by atoms with Gasteiger partial charge in [0.15, 0.2) is 0 Å². The van der Waals surface area contributed by atoms with Gasteiger partial charge in [0.05, 0.1) is 19.3 Å². The fourth-order valence-electron chi connectivity index (χ4n) is 1.82. The van der Waals surface area contributed by atoms with E-state index in [1.807, 2.05) is 25.1 Å². The lowest BCUT2D eigenvalue weighted by molar-refractivity contribution is 0.0159. The second-order valence-electron chi connectivity index (χ2n) is 4.25. The molecule has 1 aromatic rings. The summed E-state index contributed by atoms with van der Waals surface area (Å²) in [7, 11) is 0. The maximum absolute atomic E-state index is 5.95. The topological polar surface area (TPSA) is 30.5 Å². The van der Waals surface area contributed by atoms with Crippen molar-refractivity contribution in [2.45, 2.75) is 19.4 Å². The Morgan fingerprint density at radius 2 is 2.41 bits per heavy atom. The van der Waals surface area contributed by atoms with E-state index >= 15 is 0 Å². The molecule has 0 saturated carbocycles. The number of aryl methyl sites for hydroxylation is 1. The molecule has 1 heterocycles. The Labute approximate surface area is 107 Å². The molecule has 0 bridgehead atoms. The molecule has 0 spiro atoms. The summed E-state index contributed by atoms with van der Waals surface area (Å²) in [4.78, 5) is 0. The second kappa shape index (κ2) is 6.24.